The smallest absolute Gasteiger partial charge is 0.262 e. The van der Waals surface area contributed by atoms with Gasteiger partial charge >= 0.3 is 0 Å². The first kappa shape index (κ1) is 24.2. The Bertz CT molecular complexity index is 1640. The largest absolute Gasteiger partial charge is 0.462 e. The maximum atomic E-state index is 13.7. The highest BCUT2D eigenvalue weighted by molar-refractivity contribution is 7.92. The predicted octanol–water partition coefficient (Wildman–Crippen LogP) is 5.89. The molecule has 36 heavy (non-hydrogen) atoms. The van der Waals surface area contributed by atoms with Gasteiger partial charge in [-0.25, -0.2) is 8.42 Å². The van der Waals surface area contributed by atoms with Gasteiger partial charge in [-0.1, -0.05) is 60.7 Å². The fourth-order valence-corrected chi connectivity index (χ4v) is 6.12. The van der Waals surface area contributed by atoms with Crippen molar-refractivity contribution in [3.8, 4) is 11.1 Å². The highest BCUT2D eigenvalue weighted by atomic mass is 35.5. The molecule has 0 aliphatic carbocycles. The van der Waals surface area contributed by atoms with E-state index in [1.54, 1.807) is 18.4 Å². The van der Waals surface area contributed by atoms with Crippen LogP contribution >= 0.6 is 12.4 Å². The predicted molar refractivity (Wildman–Crippen MR) is 149 cm³/mol. The van der Waals surface area contributed by atoms with Gasteiger partial charge in [0.1, 0.15) is 0 Å². The van der Waals surface area contributed by atoms with Crippen LogP contribution < -0.4 is 14.9 Å². The molecule has 1 saturated heterocycles. The van der Waals surface area contributed by atoms with Crippen molar-refractivity contribution >= 4 is 55.5 Å². The standard InChI is InChI=1S/C28H25N3O3S.ClH/c32-35(33,27-11-4-3-9-25(27)24-10-5-7-20-6-1-2-8-23(20)24)30-22-18-21-12-17-34-28(21)26(19-22)31-15-13-29-14-16-31;/h1-12,17-19,29-30H,13-16H2;1H. The summed E-state index contributed by atoms with van der Waals surface area (Å²) in [6, 6.07) is 26.7. The highest BCUT2D eigenvalue weighted by Crippen LogP contribution is 2.36. The van der Waals surface area contributed by atoms with E-state index in [1.165, 1.54) is 0 Å². The van der Waals surface area contributed by atoms with Crippen LogP contribution in [0.2, 0.25) is 0 Å². The molecule has 2 N–H and O–H groups in total. The lowest BCUT2D eigenvalue weighted by molar-refractivity contribution is 0.579. The lowest BCUT2D eigenvalue weighted by Gasteiger charge is -2.29. The number of anilines is 2. The minimum absolute atomic E-state index is 0. The van der Waals surface area contributed by atoms with Gasteiger partial charge in [0, 0.05) is 37.1 Å². The topological polar surface area (TPSA) is 74.6 Å². The molecule has 4 aromatic carbocycles. The highest BCUT2D eigenvalue weighted by Gasteiger charge is 2.22. The van der Waals surface area contributed by atoms with E-state index in [1.807, 2.05) is 72.8 Å². The zero-order valence-electron chi connectivity index (χ0n) is 19.5. The molecule has 0 atom stereocenters. The van der Waals surface area contributed by atoms with Crippen LogP contribution in [-0.4, -0.2) is 34.6 Å². The molecule has 0 bridgehead atoms. The molecule has 1 aliphatic rings. The summed E-state index contributed by atoms with van der Waals surface area (Å²) >= 11 is 0. The van der Waals surface area contributed by atoms with E-state index in [0.29, 0.717) is 11.3 Å². The summed E-state index contributed by atoms with van der Waals surface area (Å²) < 4.78 is 36.1. The average molecular weight is 520 g/mol. The number of fused-ring (bicyclic) bond motifs is 2. The Balaban J connectivity index is 0.00000267. The molecule has 184 valence electrons. The van der Waals surface area contributed by atoms with Gasteiger partial charge in [0.2, 0.25) is 0 Å². The summed E-state index contributed by atoms with van der Waals surface area (Å²) in [6.45, 7) is 3.40. The molecule has 0 radical (unpaired) electrons. The van der Waals surface area contributed by atoms with Gasteiger partial charge in [-0.3, -0.25) is 4.72 Å². The zero-order valence-corrected chi connectivity index (χ0v) is 21.1. The first-order valence-corrected chi connectivity index (χ1v) is 13.2. The minimum Gasteiger partial charge on any atom is -0.462 e. The van der Waals surface area contributed by atoms with Crippen LogP contribution in [0.15, 0.2) is 101 Å². The van der Waals surface area contributed by atoms with Crippen LogP contribution in [0, 0.1) is 0 Å². The summed E-state index contributed by atoms with van der Waals surface area (Å²) in [6.07, 6.45) is 1.64. The number of hydrogen-bond acceptors (Lipinski definition) is 5. The summed E-state index contributed by atoms with van der Waals surface area (Å²) in [4.78, 5) is 2.47. The molecule has 8 heteroatoms. The van der Waals surface area contributed by atoms with E-state index in [2.05, 4.69) is 14.9 Å². The Labute approximate surface area is 216 Å². The van der Waals surface area contributed by atoms with Gasteiger partial charge in [0.15, 0.2) is 5.58 Å². The SMILES string of the molecule is Cl.O=S(=O)(Nc1cc(N2CCNCC2)c2occc2c1)c1ccccc1-c1cccc2ccccc12. The average Bonchev–Trinajstić information content (AvgIpc) is 3.37. The number of furan rings is 1. The molecule has 6 nitrogen and oxygen atoms in total. The Morgan fingerprint density at radius 1 is 0.806 bits per heavy atom. The van der Waals surface area contributed by atoms with Crippen molar-refractivity contribution in [3.63, 3.8) is 0 Å². The maximum absolute atomic E-state index is 13.7. The number of sulfonamides is 1. The third kappa shape index (κ3) is 4.41. The van der Waals surface area contributed by atoms with Crippen LogP contribution in [0.4, 0.5) is 11.4 Å². The van der Waals surface area contributed by atoms with E-state index in [0.717, 1.165) is 59.2 Å². The second-order valence-electron chi connectivity index (χ2n) is 8.70. The fourth-order valence-electron chi connectivity index (χ4n) is 4.86. The third-order valence-electron chi connectivity index (χ3n) is 6.50. The van der Waals surface area contributed by atoms with Crippen LogP contribution in [0.5, 0.6) is 0 Å². The van der Waals surface area contributed by atoms with Gasteiger partial charge in [0.05, 0.1) is 22.5 Å². The summed E-state index contributed by atoms with van der Waals surface area (Å²) in [7, 11) is -3.87. The van der Waals surface area contributed by atoms with Gasteiger partial charge in [0.25, 0.3) is 10.0 Å². The van der Waals surface area contributed by atoms with Crippen LogP contribution in [0.3, 0.4) is 0 Å². The molecule has 1 fully saturated rings. The van der Waals surface area contributed by atoms with E-state index in [-0.39, 0.29) is 17.3 Å². The van der Waals surface area contributed by atoms with Gasteiger partial charge in [-0.15, -0.1) is 12.4 Å². The van der Waals surface area contributed by atoms with Crippen molar-refractivity contribution < 1.29 is 12.8 Å². The number of nitrogens with zero attached hydrogens (tertiary/aromatic N) is 1. The molecular weight excluding hydrogens is 494 g/mol. The molecule has 2 heterocycles. The summed E-state index contributed by atoms with van der Waals surface area (Å²) in [5.41, 5.74) is 3.74. The Hall–Kier alpha value is -3.52. The van der Waals surface area contributed by atoms with Crippen LogP contribution in [-0.2, 0) is 10.0 Å². The minimum atomic E-state index is -3.87. The maximum Gasteiger partial charge on any atom is 0.262 e. The molecule has 5 aromatic rings. The third-order valence-corrected chi connectivity index (χ3v) is 7.94. The second-order valence-corrected chi connectivity index (χ2v) is 10.4. The number of halogens is 1. The van der Waals surface area contributed by atoms with Crippen molar-refractivity contribution in [1.82, 2.24) is 5.32 Å². The first-order valence-electron chi connectivity index (χ1n) is 11.7. The number of nitrogens with one attached hydrogen (secondary N) is 2. The number of hydrogen-bond donors (Lipinski definition) is 2. The lowest BCUT2D eigenvalue weighted by Crippen LogP contribution is -2.43. The van der Waals surface area contributed by atoms with Crippen molar-refractivity contribution in [2.24, 2.45) is 0 Å². The Kier molecular flexibility index (Phi) is 6.62. The molecule has 6 rings (SSSR count). The van der Waals surface area contributed by atoms with E-state index >= 15 is 0 Å². The Morgan fingerprint density at radius 2 is 1.53 bits per heavy atom. The molecule has 0 spiro atoms. The zero-order chi connectivity index (χ0) is 23.8. The molecule has 0 saturated carbocycles. The lowest BCUT2D eigenvalue weighted by atomic mass is 9.98. The first-order chi connectivity index (χ1) is 17.1. The number of piperazine rings is 1. The molecule has 0 amide bonds. The molecular formula is C28H26ClN3O3S. The molecule has 0 unspecified atom stereocenters. The van der Waals surface area contributed by atoms with E-state index in [9.17, 15) is 8.42 Å². The Morgan fingerprint density at radius 3 is 2.39 bits per heavy atom. The van der Waals surface area contributed by atoms with Crippen molar-refractivity contribution in [2.75, 3.05) is 35.8 Å². The van der Waals surface area contributed by atoms with E-state index in [4.69, 9.17) is 4.42 Å². The number of benzene rings is 4. The van der Waals surface area contributed by atoms with Crippen LogP contribution in [0.1, 0.15) is 0 Å². The van der Waals surface area contributed by atoms with Gasteiger partial charge in [-0.05, 0) is 40.6 Å². The monoisotopic (exact) mass is 519 g/mol. The quantitative estimate of drug-likeness (QED) is 0.303. The summed E-state index contributed by atoms with van der Waals surface area (Å²) in [5, 5.41) is 6.29. The van der Waals surface area contributed by atoms with Crippen LogP contribution in [0.25, 0.3) is 32.9 Å². The van der Waals surface area contributed by atoms with Gasteiger partial charge in [-0.2, -0.15) is 0 Å². The second kappa shape index (κ2) is 9.85. The van der Waals surface area contributed by atoms with Gasteiger partial charge < -0.3 is 14.6 Å². The normalized spacial score (nSPS) is 14.1. The fraction of sp³-hybridized carbons (Fsp3) is 0.143. The van der Waals surface area contributed by atoms with Crippen molar-refractivity contribution in [1.29, 1.82) is 0 Å². The van der Waals surface area contributed by atoms with Crippen molar-refractivity contribution in [3.05, 3.63) is 91.2 Å². The molecule has 1 aromatic heterocycles. The summed E-state index contributed by atoms with van der Waals surface area (Å²) in [5.74, 6) is 0. The molecule has 1 aliphatic heterocycles. The van der Waals surface area contributed by atoms with Crippen molar-refractivity contribution in [2.45, 2.75) is 4.90 Å². The number of rotatable bonds is 5. The van der Waals surface area contributed by atoms with E-state index < -0.39 is 10.0 Å².